The molecule has 0 saturated heterocycles. The summed E-state index contributed by atoms with van der Waals surface area (Å²) in [7, 11) is -1.04. The molecule has 0 aliphatic heterocycles. The number of aliphatic hydroxyl groups excluding tert-OH is 1. The highest BCUT2D eigenvalue weighted by Gasteiger charge is 2.26. The highest BCUT2D eigenvalue weighted by Crippen LogP contribution is 2.33. The summed E-state index contributed by atoms with van der Waals surface area (Å²) < 4.78 is 0. The number of hydrogen-bond acceptors (Lipinski definition) is 2. The predicted octanol–water partition coefficient (Wildman–Crippen LogP) is 4.01. The second kappa shape index (κ2) is 7.54. The largest absolute Gasteiger partial charge is 0.393 e. The van der Waals surface area contributed by atoms with Crippen LogP contribution in [-0.2, 0) is 0 Å². The molecule has 0 aromatic carbocycles. The molecule has 1 unspecified atom stereocenters. The fraction of sp³-hybridized carbons (Fsp3) is 0.818. The van der Waals surface area contributed by atoms with Crippen molar-refractivity contribution < 1.29 is 5.11 Å². The second-order valence-corrected chi connectivity index (χ2v) is 12.1. The van der Waals surface area contributed by atoms with Gasteiger partial charge in [0.15, 0.2) is 0 Å². The zero-order chi connectivity index (χ0) is 11.0. The van der Waals surface area contributed by atoms with Crippen molar-refractivity contribution in [2.45, 2.75) is 58.4 Å². The first-order chi connectivity index (χ1) is 6.60. The zero-order valence-electron chi connectivity index (χ0n) is 9.92. The van der Waals surface area contributed by atoms with Gasteiger partial charge in [-0.05, 0) is 18.8 Å². The molecule has 0 radical (unpaired) electrons. The van der Waals surface area contributed by atoms with Crippen molar-refractivity contribution in [3.63, 3.8) is 0 Å². The standard InChI is InChI=1S/C11H24OSSi/c1-5-14(6-2,7-3)13-10-8-9-11(4)12/h8,10-12H,5-7,9H2,1-4H3/b10-8-. The van der Waals surface area contributed by atoms with E-state index in [2.05, 4.69) is 43.5 Å². The summed E-state index contributed by atoms with van der Waals surface area (Å²) in [4.78, 5) is 0. The van der Waals surface area contributed by atoms with Gasteiger partial charge >= 0.3 is 0 Å². The van der Waals surface area contributed by atoms with Crippen molar-refractivity contribution in [1.82, 2.24) is 0 Å². The van der Waals surface area contributed by atoms with Crippen LogP contribution in [0, 0.1) is 0 Å². The molecule has 0 heterocycles. The van der Waals surface area contributed by atoms with Crippen LogP contribution in [0.1, 0.15) is 34.1 Å². The molecular weight excluding hydrogens is 208 g/mol. The van der Waals surface area contributed by atoms with Crippen molar-refractivity contribution in [1.29, 1.82) is 0 Å². The Bertz CT molecular complexity index is 156. The molecule has 0 saturated carbocycles. The third kappa shape index (κ3) is 5.22. The van der Waals surface area contributed by atoms with Crippen LogP contribution >= 0.6 is 11.2 Å². The molecule has 0 aliphatic carbocycles. The van der Waals surface area contributed by atoms with Crippen molar-refractivity contribution in [3.8, 4) is 0 Å². The SMILES string of the molecule is CC[Si](CC)(CC)S/C=C\CC(C)O. The van der Waals surface area contributed by atoms with E-state index in [4.69, 9.17) is 5.11 Å². The summed E-state index contributed by atoms with van der Waals surface area (Å²) in [5, 5.41) is 11.3. The summed E-state index contributed by atoms with van der Waals surface area (Å²) in [6, 6.07) is 4.05. The fourth-order valence-corrected chi connectivity index (χ4v) is 6.60. The Kier molecular flexibility index (Phi) is 7.69. The summed E-state index contributed by atoms with van der Waals surface area (Å²) in [5.41, 5.74) is 0. The zero-order valence-corrected chi connectivity index (χ0v) is 11.7. The Hall–Kier alpha value is 0.267. The predicted molar refractivity (Wildman–Crippen MR) is 70.2 cm³/mol. The van der Waals surface area contributed by atoms with Crippen molar-refractivity contribution in [2.24, 2.45) is 0 Å². The minimum absolute atomic E-state index is 0.201. The Morgan fingerprint density at radius 3 is 2.07 bits per heavy atom. The monoisotopic (exact) mass is 232 g/mol. The minimum Gasteiger partial charge on any atom is -0.393 e. The average Bonchev–Trinajstić information content (AvgIpc) is 2.19. The maximum atomic E-state index is 9.10. The van der Waals surface area contributed by atoms with Crippen LogP contribution in [0.4, 0.5) is 0 Å². The molecule has 84 valence electrons. The minimum atomic E-state index is -1.04. The highest BCUT2D eigenvalue weighted by molar-refractivity contribution is 8.31. The van der Waals surface area contributed by atoms with Gasteiger partial charge in [-0.2, -0.15) is 11.2 Å². The maximum Gasteiger partial charge on any atom is 0.122 e. The molecule has 0 aromatic rings. The molecule has 0 fully saturated rings. The normalized spacial score (nSPS) is 14.9. The van der Waals surface area contributed by atoms with E-state index in [1.807, 2.05) is 6.92 Å². The molecule has 0 amide bonds. The van der Waals surface area contributed by atoms with Crippen LogP contribution in [0.25, 0.3) is 0 Å². The van der Waals surface area contributed by atoms with E-state index in [1.165, 1.54) is 18.1 Å². The molecule has 0 aromatic heterocycles. The Balaban J connectivity index is 3.99. The van der Waals surface area contributed by atoms with Gasteiger partial charge in [-0.3, -0.25) is 0 Å². The highest BCUT2D eigenvalue weighted by atomic mass is 32.4. The van der Waals surface area contributed by atoms with Gasteiger partial charge in [0.05, 0.1) is 6.10 Å². The Morgan fingerprint density at radius 2 is 1.71 bits per heavy atom. The molecule has 3 heteroatoms. The molecule has 0 rings (SSSR count). The number of rotatable bonds is 7. The quantitative estimate of drug-likeness (QED) is 0.669. The van der Waals surface area contributed by atoms with Crippen LogP contribution in [0.2, 0.25) is 18.1 Å². The van der Waals surface area contributed by atoms with E-state index in [9.17, 15) is 0 Å². The lowest BCUT2D eigenvalue weighted by molar-refractivity contribution is 0.198. The summed E-state index contributed by atoms with van der Waals surface area (Å²) in [6.07, 6.45) is 2.69. The Morgan fingerprint density at radius 1 is 1.21 bits per heavy atom. The van der Waals surface area contributed by atoms with Crippen molar-refractivity contribution in [2.75, 3.05) is 0 Å². The van der Waals surface area contributed by atoms with E-state index in [1.54, 1.807) is 0 Å². The third-order valence-electron chi connectivity index (χ3n) is 2.82. The van der Waals surface area contributed by atoms with Crippen molar-refractivity contribution in [3.05, 3.63) is 11.5 Å². The van der Waals surface area contributed by atoms with E-state index < -0.39 is 7.22 Å². The van der Waals surface area contributed by atoms with E-state index in [0.717, 1.165) is 6.42 Å². The first-order valence-corrected chi connectivity index (χ1v) is 9.83. The molecule has 1 nitrogen and oxygen atoms in total. The van der Waals surface area contributed by atoms with E-state index in [0.29, 0.717) is 0 Å². The van der Waals surface area contributed by atoms with Gasteiger partial charge in [-0.25, -0.2) is 0 Å². The maximum absolute atomic E-state index is 9.10. The van der Waals surface area contributed by atoms with Gasteiger partial charge in [-0.15, -0.1) is 0 Å². The smallest absolute Gasteiger partial charge is 0.122 e. The van der Waals surface area contributed by atoms with Gasteiger partial charge < -0.3 is 5.11 Å². The molecule has 1 N–H and O–H groups in total. The molecule has 0 bridgehead atoms. The van der Waals surface area contributed by atoms with Gasteiger partial charge in [-0.1, -0.05) is 45.0 Å². The van der Waals surface area contributed by atoms with E-state index in [-0.39, 0.29) is 6.10 Å². The topological polar surface area (TPSA) is 20.2 Å². The fourth-order valence-electron chi connectivity index (χ4n) is 1.44. The lowest BCUT2D eigenvalue weighted by atomic mass is 10.3. The second-order valence-electron chi connectivity index (χ2n) is 3.82. The van der Waals surface area contributed by atoms with E-state index >= 15 is 0 Å². The molecular formula is C11H24OSSi. The molecule has 1 atom stereocenters. The molecule has 14 heavy (non-hydrogen) atoms. The third-order valence-corrected chi connectivity index (χ3v) is 12.0. The van der Waals surface area contributed by atoms with Gasteiger partial charge in [0.2, 0.25) is 0 Å². The first-order valence-electron chi connectivity index (χ1n) is 5.61. The average molecular weight is 232 g/mol. The molecule has 0 spiro atoms. The summed E-state index contributed by atoms with van der Waals surface area (Å²) in [6.45, 7) is 8.78. The van der Waals surface area contributed by atoms with Crippen LogP contribution < -0.4 is 0 Å². The number of aliphatic hydroxyl groups is 1. The van der Waals surface area contributed by atoms with Gasteiger partial charge in [0.25, 0.3) is 0 Å². The van der Waals surface area contributed by atoms with Crippen LogP contribution in [0.5, 0.6) is 0 Å². The lowest BCUT2D eigenvalue weighted by Gasteiger charge is -2.25. The lowest BCUT2D eigenvalue weighted by Crippen LogP contribution is -2.25. The first kappa shape index (κ1) is 14.3. The summed E-state index contributed by atoms with van der Waals surface area (Å²) >= 11 is 2.06. The van der Waals surface area contributed by atoms with Crippen LogP contribution in [-0.4, -0.2) is 18.4 Å². The van der Waals surface area contributed by atoms with Crippen LogP contribution in [0.15, 0.2) is 11.5 Å². The summed E-state index contributed by atoms with van der Waals surface area (Å²) in [5.74, 6) is 0. The molecule has 0 aliphatic rings. The van der Waals surface area contributed by atoms with Gasteiger partial charge in [0, 0.05) is 0 Å². The van der Waals surface area contributed by atoms with Gasteiger partial charge in [0.1, 0.15) is 7.22 Å². The van der Waals surface area contributed by atoms with Crippen LogP contribution in [0.3, 0.4) is 0 Å². The van der Waals surface area contributed by atoms with Crippen molar-refractivity contribution >= 4 is 18.4 Å². The number of hydrogen-bond donors (Lipinski definition) is 1. The Labute approximate surface area is 93.6 Å².